The van der Waals surface area contributed by atoms with Gasteiger partial charge in [-0.05, 0) is 36.9 Å². The molecule has 3 amide bonds. The Morgan fingerprint density at radius 2 is 1.86 bits per heavy atom. The van der Waals surface area contributed by atoms with Gasteiger partial charge in [0, 0.05) is 37.9 Å². The number of hydrogen-bond acceptors (Lipinski definition) is 5. The van der Waals surface area contributed by atoms with Crippen LogP contribution in [0, 0.1) is 0 Å². The lowest BCUT2D eigenvalue weighted by atomic mass is 10.1. The zero-order valence-corrected chi connectivity index (χ0v) is 17.7. The van der Waals surface area contributed by atoms with E-state index < -0.39 is 0 Å². The van der Waals surface area contributed by atoms with Gasteiger partial charge in [0.1, 0.15) is 28.8 Å². The van der Waals surface area contributed by atoms with Crippen LogP contribution >= 0.6 is 23.0 Å². The van der Waals surface area contributed by atoms with Crippen molar-refractivity contribution in [3.63, 3.8) is 0 Å². The van der Waals surface area contributed by atoms with Crippen molar-refractivity contribution in [2.75, 3.05) is 38.1 Å². The number of halogens is 1. The normalized spacial score (nSPS) is 14.6. The molecule has 3 rings (SSSR count). The van der Waals surface area contributed by atoms with Gasteiger partial charge in [0.15, 0.2) is 0 Å². The molecule has 0 atom stereocenters. The van der Waals surface area contributed by atoms with Crippen LogP contribution in [0.1, 0.15) is 15.9 Å². The first-order valence-electron chi connectivity index (χ1n) is 8.91. The van der Waals surface area contributed by atoms with Crippen LogP contribution in [-0.4, -0.2) is 59.9 Å². The second-order valence-electron chi connectivity index (χ2n) is 6.55. The molecule has 1 aliphatic rings. The molecule has 1 saturated heterocycles. The minimum atomic E-state index is -0.323. The molecular formula is C19H22IN5O3. The third-order valence-electron chi connectivity index (χ3n) is 4.62. The van der Waals surface area contributed by atoms with Crippen molar-refractivity contribution in [2.24, 2.45) is 0 Å². The number of urea groups is 1. The van der Waals surface area contributed by atoms with Crippen LogP contribution < -0.4 is 10.4 Å². The van der Waals surface area contributed by atoms with Crippen molar-refractivity contribution in [2.45, 2.75) is 6.54 Å². The third-order valence-corrected chi connectivity index (χ3v) is 4.84. The van der Waals surface area contributed by atoms with Gasteiger partial charge in [-0.25, -0.2) is 18.4 Å². The zero-order valence-electron chi connectivity index (χ0n) is 15.5. The second kappa shape index (κ2) is 9.80. The molecule has 1 aliphatic heterocycles. The smallest absolute Gasteiger partial charge is 0.322 e. The predicted molar refractivity (Wildman–Crippen MR) is 114 cm³/mol. The van der Waals surface area contributed by atoms with Gasteiger partial charge >= 0.3 is 6.03 Å². The summed E-state index contributed by atoms with van der Waals surface area (Å²) >= 11 is 1.60. The van der Waals surface area contributed by atoms with E-state index in [4.69, 9.17) is 0 Å². The number of rotatable bonds is 5. The van der Waals surface area contributed by atoms with Crippen LogP contribution in [0.3, 0.4) is 0 Å². The van der Waals surface area contributed by atoms with E-state index in [2.05, 4.69) is 25.6 Å². The predicted octanol–water partition coefficient (Wildman–Crippen LogP) is 2.47. The van der Waals surface area contributed by atoms with Crippen molar-refractivity contribution in [1.82, 2.24) is 20.3 Å². The van der Waals surface area contributed by atoms with Gasteiger partial charge in [0.25, 0.3) is 5.91 Å². The largest absolute Gasteiger partial charge is 0.326 e. The highest BCUT2D eigenvalue weighted by molar-refractivity contribution is 14.1. The summed E-state index contributed by atoms with van der Waals surface area (Å²) in [5, 5.41) is 0. The lowest BCUT2D eigenvalue weighted by Gasteiger charge is -2.35. The first kappa shape index (κ1) is 20.5. The highest BCUT2D eigenvalue weighted by atomic mass is 127. The molecule has 0 unspecified atom stereocenters. The number of nitrogens with zero attached hydrogens (tertiary/aromatic N) is 4. The van der Waals surface area contributed by atoms with E-state index in [1.807, 2.05) is 35.2 Å². The Bertz CT molecular complexity index is 795. The third kappa shape index (κ3) is 5.18. The van der Waals surface area contributed by atoms with Gasteiger partial charge in [-0.2, -0.15) is 0 Å². The maximum Gasteiger partial charge on any atom is 0.326 e. The Morgan fingerprint density at radius 3 is 2.46 bits per heavy atom. The Labute approximate surface area is 178 Å². The molecule has 0 radical (unpaired) electrons. The minimum absolute atomic E-state index is 0.0630. The Kier molecular flexibility index (Phi) is 7.18. The Balaban J connectivity index is 1.78. The Morgan fingerprint density at radius 1 is 1.14 bits per heavy atom. The second-order valence-corrected chi connectivity index (χ2v) is 6.99. The van der Waals surface area contributed by atoms with Gasteiger partial charge < -0.3 is 9.80 Å². The number of anilines is 1. The molecule has 1 aromatic carbocycles. The van der Waals surface area contributed by atoms with Gasteiger partial charge in [-0.1, -0.05) is 18.2 Å². The standard InChI is InChI=1S/C19H22IN5O3/c1-23-10-12-24(13-11-23)19(27)25(17-4-2-3-9-21-17)14-15-5-7-16(8-6-15)18(26)22-28-20/h2-9H,10-14H2,1H3,(H,22,26). The van der Waals surface area contributed by atoms with Crippen LogP contribution in [0.25, 0.3) is 0 Å². The van der Waals surface area contributed by atoms with E-state index in [0.29, 0.717) is 31.0 Å². The highest BCUT2D eigenvalue weighted by Crippen LogP contribution is 2.18. The molecule has 1 fully saturated rings. The average Bonchev–Trinajstić information content (AvgIpc) is 2.73. The summed E-state index contributed by atoms with van der Waals surface area (Å²) < 4.78 is 4.62. The molecule has 0 saturated carbocycles. The van der Waals surface area contributed by atoms with E-state index in [-0.39, 0.29) is 11.9 Å². The monoisotopic (exact) mass is 495 g/mol. The van der Waals surface area contributed by atoms with E-state index in [1.165, 1.54) is 0 Å². The molecule has 1 aromatic heterocycles. The van der Waals surface area contributed by atoms with E-state index in [1.54, 1.807) is 46.2 Å². The number of aromatic nitrogens is 1. The van der Waals surface area contributed by atoms with Crippen LogP contribution in [0.5, 0.6) is 0 Å². The molecule has 1 N–H and O–H groups in total. The highest BCUT2D eigenvalue weighted by Gasteiger charge is 2.26. The fraction of sp³-hybridized carbons (Fsp3) is 0.316. The lowest BCUT2D eigenvalue weighted by Crippen LogP contribution is -2.52. The van der Waals surface area contributed by atoms with Gasteiger partial charge in [-0.3, -0.25) is 9.69 Å². The fourth-order valence-corrected chi connectivity index (χ4v) is 3.17. The molecule has 2 aromatic rings. The number of hydroxylamine groups is 1. The summed E-state index contributed by atoms with van der Waals surface area (Å²) in [6, 6.07) is 12.5. The van der Waals surface area contributed by atoms with E-state index in [0.717, 1.165) is 18.7 Å². The first-order chi connectivity index (χ1) is 13.6. The molecule has 0 aliphatic carbocycles. The molecule has 0 bridgehead atoms. The van der Waals surface area contributed by atoms with E-state index >= 15 is 0 Å². The number of carbonyl (C=O) groups excluding carboxylic acids is 2. The molecule has 9 heteroatoms. The molecule has 2 heterocycles. The lowest BCUT2D eigenvalue weighted by molar-refractivity contribution is 0.0829. The zero-order chi connectivity index (χ0) is 19.9. The van der Waals surface area contributed by atoms with Gasteiger partial charge in [0.2, 0.25) is 0 Å². The number of nitrogens with one attached hydrogen (secondary N) is 1. The van der Waals surface area contributed by atoms with Crippen molar-refractivity contribution < 1.29 is 12.8 Å². The summed E-state index contributed by atoms with van der Waals surface area (Å²) in [6.45, 7) is 3.45. The topological polar surface area (TPSA) is 78.0 Å². The van der Waals surface area contributed by atoms with Crippen molar-refractivity contribution in [3.8, 4) is 0 Å². The first-order valence-corrected chi connectivity index (χ1v) is 9.79. The van der Waals surface area contributed by atoms with Gasteiger partial charge in [-0.15, -0.1) is 0 Å². The molecule has 28 heavy (non-hydrogen) atoms. The van der Waals surface area contributed by atoms with Crippen molar-refractivity contribution in [3.05, 3.63) is 59.8 Å². The van der Waals surface area contributed by atoms with Crippen LogP contribution in [0.15, 0.2) is 48.7 Å². The molecule has 8 nitrogen and oxygen atoms in total. The summed E-state index contributed by atoms with van der Waals surface area (Å²) in [5.74, 6) is 0.280. The maximum absolute atomic E-state index is 13.2. The van der Waals surface area contributed by atoms with Crippen LogP contribution in [-0.2, 0) is 9.71 Å². The minimum Gasteiger partial charge on any atom is -0.322 e. The Hall–Kier alpha value is -2.24. The SMILES string of the molecule is CN1CCN(C(=O)N(Cc2ccc(C(=O)NOI)cc2)c2ccccn2)CC1. The maximum atomic E-state index is 13.2. The number of benzene rings is 1. The number of likely N-dealkylation sites (N-methyl/N-ethyl adjacent to an activating group) is 1. The molecule has 148 valence electrons. The quantitative estimate of drug-likeness (QED) is 0.510. The number of hydrogen-bond donors (Lipinski definition) is 1. The summed E-state index contributed by atoms with van der Waals surface area (Å²) in [7, 11) is 2.05. The summed E-state index contributed by atoms with van der Waals surface area (Å²) in [6.07, 6.45) is 1.68. The summed E-state index contributed by atoms with van der Waals surface area (Å²) in [5.41, 5.74) is 3.66. The average molecular weight is 495 g/mol. The number of carbonyl (C=O) groups is 2. The fourth-order valence-electron chi connectivity index (χ4n) is 2.97. The summed E-state index contributed by atoms with van der Waals surface area (Å²) in [4.78, 5) is 35.1. The van der Waals surface area contributed by atoms with E-state index in [9.17, 15) is 9.59 Å². The number of piperazine rings is 1. The van der Waals surface area contributed by atoms with Crippen molar-refractivity contribution in [1.29, 1.82) is 0 Å². The van der Waals surface area contributed by atoms with Crippen LogP contribution in [0.4, 0.5) is 10.6 Å². The van der Waals surface area contributed by atoms with Crippen molar-refractivity contribution >= 4 is 40.8 Å². The van der Waals surface area contributed by atoms with Crippen LogP contribution in [0.2, 0.25) is 0 Å². The van der Waals surface area contributed by atoms with Gasteiger partial charge in [0.05, 0.1) is 6.54 Å². The number of amides is 3. The number of pyridine rings is 1. The molecular weight excluding hydrogens is 473 g/mol. The molecule has 0 spiro atoms.